The fourth-order valence-electron chi connectivity index (χ4n) is 1.62. The summed E-state index contributed by atoms with van der Waals surface area (Å²) < 4.78 is 42.9. The van der Waals surface area contributed by atoms with E-state index in [4.69, 9.17) is 4.74 Å². The van der Waals surface area contributed by atoms with Gasteiger partial charge < -0.3 is 9.64 Å². The van der Waals surface area contributed by atoms with Crippen molar-refractivity contribution >= 4 is 32.4 Å². The molecule has 2 unspecified atom stereocenters. The Hall–Kier alpha value is -0.410. The van der Waals surface area contributed by atoms with Gasteiger partial charge in [0.2, 0.25) is 10.1 Å². The topological polar surface area (TPSA) is 38.2 Å². The number of anilines is 1. The Labute approximate surface area is 114 Å². The Kier molecular flexibility index (Phi) is 4.12. The quantitative estimate of drug-likeness (QED) is 0.772. The summed E-state index contributed by atoms with van der Waals surface area (Å²) in [7, 11) is 0. The van der Waals surface area contributed by atoms with E-state index in [0.717, 1.165) is 0 Å². The van der Waals surface area contributed by atoms with Crippen molar-refractivity contribution in [1.82, 2.24) is 10.2 Å². The second-order valence-corrected chi connectivity index (χ2v) is 5.60. The molecule has 0 aliphatic carbocycles. The third-order valence-electron chi connectivity index (χ3n) is 2.58. The van der Waals surface area contributed by atoms with Gasteiger partial charge in [-0.25, -0.2) is 0 Å². The summed E-state index contributed by atoms with van der Waals surface area (Å²) in [6, 6.07) is -0.00525. The van der Waals surface area contributed by atoms with Gasteiger partial charge in [-0.2, -0.15) is 13.2 Å². The second-order valence-electron chi connectivity index (χ2n) is 4.00. The number of halogens is 4. The van der Waals surface area contributed by atoms with Gasteiger partial charge in [0.1, 0.15) is 0 Å². The number of ether oxygens (including phenoxy) is 1. The maximum atomic E-state index is 12.5. The maximum absolute atomic E-state index is 12.5. The van der Waals surface area contributed by atoms with Gasteiger partial charge in [0.05, 0.1) is 18.8 Å². The van der Waals surface area contributed by atoms with E-state index in [1.807, 2.05) is 11.8 Å². The zero-order valence-corrected chi connectivity index (χ0v) is 11.8. The Bertz CT molecular complexity index is 414. The summed E-state index contributed by atoms with van der Waals surface area (Å²) in [5.41, 5.74) is 0. The zero-order chi connectivity index (χ0) is 13.3. The van der Waals surface area contributed by atoms with E-state index in [0.29, 0.717) is 35.0 Å². The molecule has 2 rings (SSSR count). The first-order valence-corrected chi connectivity index (χ1v) is 7.20. The summed E-state index contributed by atoms with van der Waals surface area (Å²) >= 11 is 3.87. The smallest absolute Gasteiger partial charge is 0.373 e. The van der Waals surface area contributed by atoms with Crippen LogP contribution < -0.4 is 4.90 Å². The van der Waals surface area contributed by atoms with Crippen molar-refractivity contribution in [2.24, 2.45) is 0 Å². The number of aromatic nitrogens is 2. The van der Waals surface area contributed by atoms with Crippen LogP contribution in [-0.4, -0.2) is 40.8 Å². The van der Waals surface area contributed by atoms with Crippen molar-refractivity contribution in [3.05, 3.63) is 5.01 Å². The second kappa shape index (κ2) is 5.30. The molecule has 0 amide bonds. The monoisotopic (exact) mass is 345 g/mol. The molecular weight excluding hydrogens is 335 g/mol. The van der Waals surface area contributed by atoms with Gasteiger partial charge in [0.15, 0.2) is 0 Å². The number of hydrogen-bond donors (Lipinski definition) is 0. The van der Waals surface area contributed by atoms with Crippen LogP contribution in [0.25, 0.3) is 0 Å². The molecule has 0 bridgehead atoms. The molecule has 1 aromatic heterocycles. The minimum atomic E-state index is -4.43. The summed E-state index contributed by atoms with van der Waals surface area (Å²) in [4.78, 5) is 1.81. The molecule has 1 aliphatic rings. The summed E-state index contributed by atoms with van der Waals surface area (Å²) in [6.07, 6.45) is -4.47. The van der Waals surface area contributed by atoms with Gasteiger partial charge in [-0.15, -0.1) is 10.2 Å². The summed E-state index contributed by atoms with van der Waals surface area (Å²) in [5.74, 6) is 0. The third kappa shape index (κ3) is 2.94. The number of alkyl halides is 4. The molecule has 4 nitrogen and oxygen atoms in total. The lowest BCUT2D eigenvalue weighted by Crippen LogP contribution is -2.49. The Balaban J connectivity index is 2.17. The average Bonchev–Trinajstić information content (AvgIpc) is 2.78. The van der Waals surface area contributed by atoms with Crippen LogP contribution in [0.1, 0.15) is 11.9 Å². The van der Waals surface area contributed by atoms with Crippen LogP contribution in [0.4, 0.5) is 18.3 Å². The zero-order valence-electron chi connectivity index (χ0n) is 9.45. The molecule has 1 saturated heterocycles. The van der Waals surface area contributed by atoms with Gasteiger partial charge in [0.25, 0.3) is 0 Å². The molecule has 1 aliphatic heterocycles. The molecule has 0 aromatic carbocycles. The molecule has 0 radical (unpaired) electrons. The number of nitrogens with zero attached hydrogens (tertiary/aromatic N) is 3. The fourth-order valence-corrected chi connectivity index (χ4v) is 2.84. The number of rotatable bonds is 2. The third-order valence-corrected chi connectivity index (χ3v) is 4.31. The van der Waals surface area contributed by atoms with E-state index < -0.39 is 11.2 Å². The van der Waals surface area contributed by atoms with Crippen molar-refractivity contribution in [3.63, 3.8) is 0 Å². The molecule has 0 spiro atoms. The van der Waals surface area contributed by atoms with E-state index in [1.165, 1.54) is 0 Å². The van der Waals surface area contributed by atoms with Crippen LogP contribution in [-0.2, 0) is 10.9 Å². The molecule has 18 heavy (non-hydrogen) atoms. The predicted octanol–water partition coefficient (Wildman–Crippen LogP) is 2.55. The van der Waals surface area contributed by atoms with Gasteiger partial charge >= 0.3 is 6.18 Å². The van der Waals surface area contributed by atoms with E-state index in [-0.39, 0.29) is 12.1 Å². The minimum absolute atomic E-state index is 0.00525. The van der Waals surface area contributed by atoms with Gasteiger partial charge in [-0.1, -0.05) is 27.3 Å². The lowest BCUT2D eigenvalue weighted by atomic mass is 10.2. The van der Waals surface area contributed by atoms with E-state index in [9.17, 15) is 13.2 Å². The Morgan fingerprint density at radius 2 is 2.22 bits per heavy atom. The molecule has 2 heterocycles. The van der Waals surface area contributed by atoms with Gasteiger partial charge in [-0.05, 0) is 6.92 Å². The van der Waals surface area contributed by atoms with Crippen LogP contribution in [0.15, 0.2) is 0 Å². The van der Waals surface area contributed by atoms with Crippen LogP contribution in [0.3, 0.4) is 0 Å². The van der Waals surface area contributed by atoms with Crippen molar-refractivity contribution in [3.8, 4) is 0 Å². The SMILES string of the molecule is CC1COC(CBr)CN1c1nnc(C(F)(F)F)s1. The number of hydrogen-bond acceptors (Lipinski definition) is 5. The number of morpholine rings is 1. The van der Waals surface area contributed by atoms with E-state index in [2.05, 4.69) is 26.1 Å². The predicted molar refractivity (Wildman–Crippen MR) is 65.3 cm³/mol. The normalized spacial score (nSPS) is 25.5. The molecule has 0 N–H and O–H groups in total. The van der Waals surface area contributed by atoms with Gasteiger partial charge in [0, 0.05) is 11.9 Å². The lowest BCUT2D eigenvalue weighted by Gasteiger charge is -2.36. The first-order valence-electron chi connectivity index (χ1n) is 5.26. The molecule has 2 atom stereocenters. The van der Waals surface area contributed by atoms with Crippen molar-refractivity contribution < 1.29 is 17.9 Å². The van der Waals surface area contributed by atoms with Crippen molar-refractivity contribution in [2.75, 3.05) is 23.4 Å². The van der Waals surface area contributed by atoms with Crippen LogP contribution in [0, 0.1) is 0 Å². The highest BCUT2D eigenvalue weighted by Crippen LogP contribution is 2.35. The highest BCUT2D eigenvalue weighted by atomic mass is 79.9. The van der Waals surface area contributed by atoms with Crippen LogP contribution in [0.2, 0.25) is 0 Å². The highest BCUT2D eigenvalue weighted by Gasteiger charge is 2.37. The Morgan fingerprint density at radius 3 is 2.78 bits per heavy atom. The summed E-state index contributed by atoms with van der Waals surface area (Å²) in [5, 5.41) is 6.85. The average molecular weight is 346 g/mol. The van der Waals surface area contributed by atoms with Crippen molar-refractivity contribution in [2.45, 2.75) is 25.2 Å². The van der Waals surface area contributed by atoms with Gasteiger partial charge in [-0.3, -0.25) is 0 Å². The van der Waals surface area contributed by atoms with Crippen LogP contribution in [0.5, 0.6) is 0 Å². The Morgan fingerprint density at radius 1 is 1.50 bits per heavy atom. The van der Waals surface area contributed by atoms with Crippen molar-refractivity contribution in [1.29, 1.82) is 0 Å². The first kappa shape index (κ1) is 14.0. The van der Waals surface area contributed by atoms with E-state index in [1.54, 1.807) is 0 Å². The highest BCUT2D eigenvalue weighted by molar-refractivity contribution is 9.09. The summed E-state index contributed by atoms with van der Waals surface area (Å²) in [6.45, 7) is 2.87. The standard InChI is InChI=1S/C9H11BrF3N3OS/c1-5-4-17-6(2-10)3-16(5)8-15-14-7(18-8)9(11,12)13/h5-6H,2-4H2,1H3. The largest absolute Gasteiger partial charge is 0.445 e. The molecule has 9 heteroatoms. The maximum Gasteiger partial charge on any atom is 0.445 e. The lowest BCUT2D eigenvalue weighted by molar-refractivity contribution is -0.138. The van der Waals surface area contributed by atoms with Crippen LogP contribution >= 0.6 is 27.3 Å². The molecule has 0 saturated carbocycles. The van der Waals surface area contributed by atoms with E-state index >= 15 is 0 Å². The fraction of sp³-hybridized carbons (Fsp3) is 0.778. The molecule has 1 fully saturated rings. The molecule has 1 aromatic rings. The minimum Gasteiger partial charge on any atom is -0.373 e. The molecule has 102 valence electrons. The first-order chi connectivity index (χ1) is 8.41. The molecular formula is C9H11BrF3N3OS.